The molecule has 1 aromatic rings. The molecule has 0 saturated carbocycles. The predicted octanol–water partition coefficient (Wildman–Crippen LogP) is 3.00. The molecule has 1 aliphatic heterocycles. The Morgan fingerprint density at radius 1 is 1.42 bits per heavy atom. The summed E-state index contributed by atoms with van der Waals surface area (Å²) in [7, 11) is 3.98. The lowest BCUT2D eigenvalue weighted by Crippen LogP contribution is -2.43. The van der Waals surface area contributed by atoms with Crippen molar-refractivity contribution in [1.82, 2.24) is 4.90 Å². The molecule has 1 fully saturated rings. The van der Waals surface area contributed by atoms with Gasteiger partial charge in [0.15, 0.2) is 0 Å². The number of amides is 1. The Morgan fingerprint density at radius 3 is 2.79 bits per heavy atom. The highest BCUT2D eigenvalue weighted by molar-refractivity contribution is 9.09. The van der Waals surface area contributed by atoms with Crippen molar-refractivity contribution < 1.29 is 4.79 Å². The minimum Gasteiger partial charge on any atom is -0.378 e. The number of hydrogen-bond donors (Lipinski definition) is 0. The standard InChI is InChI=1S/C15H21BrN2O/c1-11-10-18(8-7-14(11)16)15(19)12-5-4-6-13(9-12)17(2)3/h4-6,9,11,14H,7-8,10H2,1-3H3. The molecule has 1 saturated heterocycles. The second-order valence-corrected chi connectivity index (χ2v) is 6.65. The maximum absolute atomic E-state index is 12.5. The number of halogens is 1. The number of rotatable bonds is 2. The molecule has 1 heterocycles. The van der Waals surface area contributed by atoms with E-state index in [9.17, 15) is 4.79 Å². The highest BCUT2D eigenvalue weighted by Crippen LogP contribution is 2.25. The van der Waals surface area contributed by atoms with Crippen LogP contribution in [0.2, 0.25) is 0 Å². The van der Waals surface area contributed by atoms with E-state index in [0.29, 0.717) is 10.7 Å². The Labute approximate surface area is 123 Å². The lowest BCUT2D eigenvalue weighted by molar-refractivity contribution is 0.0690. The number of anilines is 1. The molecule has 2 atom stereocenters. The maximum atomic E-state index is 12.5. The molecule has 1 aromatic carbocycles. The number of hydrogen-bond acceptors (Lipinski definition) is 2. The molecule has 4 heteroatoms. The van der Waals surface area contributed by atoms with Gasteiger partial charge in [-0.25, -0.2) is 0 Å². The van der Waals surface area contributed by atoms with E-state index in [1.807, 2.05) is 48.2 Å². The monoisotopic (exact) mass is 324 g/mol. The van der Waals surface area contributed by atoms with Gasteiger partial charge in [0.1, 0.15) is 0 Å². The molecule has 2 rings (SSSR count). The fourth-order valence-electron chi connectivity index (χ4n) is 2.40. The van der Waals surface area contributed by atoms with Crippen LogP contribution in [-0.2, 0) is 0 Å². The van der Waals surface area contributed by atoms with Gasteiger partial charge in [-0.2, -0.15) is 0 Å². The van der Waals surface area contributed by atoms with E-state index in [0.717, 1.165) is 30.8 Å². The van der Waals surface area contributed by atoms with E-state index in [2.05, 4.69) is 22.9 Å². The summed E-state index contributed by atoms with van der Waals surface area (Å²) in [4.78, 5) is 17.0. The molecular weight excluding hydrogens is 304 g/mol. The first-order valence-corrected chi connectivity index (χ1v) is 7.61. The highest BCUT2D eigenvalue weighted by atomic mass is 79.9. The Kier molecular flexibility index (Phi) is 4.50. The second kappa shape index (κ2) is 5.95. The maximum Gasteiger partial charge on any atom is 0.253 e. The van der Waals surface area contributed by atoms with Crippen molar-refractivity contribution in [2.75, 3.05) is 32.1 Å². The van der Waals surface area contributed by atoms with Crippen molar-refractivity contribution in [3.8, 4) is 0 Å². The minimum atomic E-state index is 0.148. The zero-order chi connectivity index (χ0) is 14.0. The van der Waals surface area contributed by atoms with Gasteiger partial charge in [-0.05, 0) is 30.5 Å². The third kappa shape index (κ3) is 3.30. The summed E-state index contributed by atoms with van der Waals surface area (Å²) in [6.45, 7) is 3.86. The van der Waals surface area contributed by atoms with Crippen molar-refractivity contribution in [2.24, 2.45) is 5.92 Å². The first-order valence-electron chi connectivity index (χ1n) is 6.69. The van der Waals surface area contributed by atoms with E-state index >= 15 is 0 Å². The van der Waals surface area contributed by atoms with Crippen LogP contribution in [0.4, 0.5) is 5.69 Å². The van der Waals surface area contributed by atoms with Crippen LogP contribution in [0.3, 0.4) is 0 Å². The molecule has 0 bridgehead atoms. The van der Waals surface area contributed by atoms with Crippen LogP contribution < -0.4 is 4.90 Å². The summed E-state index contributed by atoms with van der Waals surface area (Å²) in [6, 6.07) is 7.83. The van der Waals surface area contributed by atoms with E-state index < -0.39 is 0 Å². The summed E-state index contributed by atoms with van der Waals surface area (Å²) in [5.74, 6) is 0.657. The van der Waals surface area contributed by atoms with Crippen LogP contribution in [-0.4, -0.2) is 42.8 Å². The van der Waals surface area contributed by atoms with Crippen molar-refractivity contribution >= 4 is 27.5 Å². The number of alkyl halides is 1. The Balaban J connectivity index is 2.13. The largest absolute Gasteiger partial charge is 0.378 e. The molecule has 0 aliphatic carbocycles. The smallest absolute Gasteiger partial charge is 0.253 e. The van der Waals surface area contributed by atoms with Gasteiger partial charge >= 0.3 is 0 Å². The first-order chi connectivity index (χ1) is 8.99. The van der Waals surface area contributed by atoms with Crippen LogP contribution in [0.5, 0.6) is 0 Å². The number of likely N-dealkylation sites (tertiary alicyclic amines) is 1. The molecular formula is C15H21BrN2O. The SMILES string of the molecule is CC1CN(C(=O)c2cccc(N(C)C)c2)CCC1Br. The lowest BCUT2D eigenvalue weighted by atomic mass is 9.99. The summed E-state index contributed by atoms with van der Waals surface area (Å²) in [6.07, 6.45) is 1.03. The molecule has 0 radical (unpaired) electrons. The molecule has 104 valence electrons. The van der Waals surface area contributed by atoms with Gasteiger partial charge < -0.3 is 9.80 Å². The molecule has 3 nitrogen and oxygen atoms in total. The zero-order valence-electron chi connectivity index (χ0n) is 11.8. The lowest BCUT2D eigenvalue weighted by Gasteiger charge is -2.34. The fraction of sp³-hybridized carbons (Fsp3) is 0.533. The van der Waals surface area contributed by atoms with Crippen molar-refractivity contribution in [3.05, 3.63) is 29.8 Å². The third-order valence-electron chi connectivity index (χ3n) is 3.70. The number of piperidine rings is 1. The van der Waals surface area contributed by atoms with Crippen LogP contribution in [0.15, 0.2) is 24.3 Å². The summed E-state index contributed by atoms with van der Waals surface area (Å²) in [5, 5.41) is 0. The van der Waals surface area contributed by atoms with Crippen LogP contribution in [0, 0.1) is 5.92 Å². The van der Waals surface area contributed by atoms with E-state index in [-0.39, 0.29) is 5.91 Å². The van der Waals surface area contributed by atoms with Crippen molar-refractivity contribution in [3.63, 3.8) is 0 Å². The average Bonchev–Trinajstić information content (AvgIpc) is 2.41. The normalized spacial score (nSPS) is 23.3. The quantitative estimate of drug-likeness (QED) is 0.781. The predicted molar refractivity (Wildman–Crippen MR) is 83.2 cm³/mol. The first kappa shape index (κ1) is 14.4. The van der Waals surface area contributed by atoms with E-state index in [1.54, 1.807) is 0 Å². The minimum absolute atomic E-state index is 0.148. The molecule has 0 aromatic heterocycles. The van der Waals surface area contributed by atoms with Crippen molar-refractivity contribution in [1.29, 1.82) is 0 Å². The molecule has 1 amide bonds. The molecule has 1 aliphatic rings. The average molecular weight is 325 g/mol. The topological polar surface area (TPSA) is 23.6 Å². The van der Waals surface area contributed by atoms with Crippen LogP contribution in [0.25, 0.3) is 0 Å². The van der Waals surface area contributed by atoms with Gasteiger partial charge in [0.25, 0.3) is 5.91 Å². The number of benzene rings is 1. The van der Waals surface area contributed by atoms with Crippen LogP contribution in [0.1, 0.15) is 23.7 Å². The van der Waals surface area contributed by atoms with Crippen LogP contribution >= 0.6 is 15.9 Å². The Hall–Kier alpha value is -1.03. The highest BCUT2D eigenvalue weighted by Gasteiger charge is 2.27. The van der Waals surface area contributed by atoms with Gasteiger partial charge in [0.2, 0.25) is 0 Å². The van der Waals surface area contributed by atoms with E-state index in [1.165, 1.54) is 0 Å². The zero-order valence-corrected chi connectivity index (χ0v) is 13.4. The summed E-state index contributed by atoms with van der Waals surface area (Å²) in [5.41, 5.74) is 1.85. The third-order valence-corrected chi connectivity index (χ3v) is 5.06. The second-order valence-electron chi connectivity index (χ2n) is 5.48. The Morgan fingerprint density at radius 2 is 2.16 bits per heavy atom. The number of nitrogens with zero attached hydrogens (tertiary/aromatic N) is 2. The molecule has 2 unspecified atom stereocenters. The molecule has 19 heavy (non-hydrogen) atoms. The van der Waals surface area contributed by atoms with Gasteiger partial charge in [-0.1, -0.05) is 28.9 Å². The number of carbonyl (C=O) groups excluding carboxylic acids is 1. The van der Waals surface area contributed by atoms with Gasteiger partial charge in [0, 0.05) is 43.3 Å². The summed E-state index contributed by atoms with van der Waals surface area (Å²) >= 11 is 3.67. The van der Waals surface area contributed by atoms with E-state index in [4.69, 9.17) is 0 Å². The Bertz CT molecular complexity index is 461. The van der Waals surface area contributed by atoms with Crippen molar-refractivity contribution in [2.45, 2.75) is 18.2 Å². The van der Waals surface area contributed by atoms with Gasteiger partial charge in [0.05, 0.1) is 0 Å². The van der Waals surface area contributed by atoms with Gasteiger partial charge in [-0.15, -0.1) is 0 Å². The fourth-order valence-corrected chi connectivity index (χ4v) is 2.77. The van der Waals surface area contributed by atoms with Gasteiger partial charge in [-0.3, -0.25) is 4.79 Å². The summed E-state index contributed by atoms with van der Waals surface area (Å²) < 4.78 is 0. The number of carbonyl (C=O) groups is 1. The molecule has 0 N–H and O–H groups in total. The molecule has 0 spiro atoms.